The normalized spacial score (nSPS) is 51.1. The van der Waals surface area contributed by atoms with E-state index in [0.29, 0.717) is 0 Å². The molecule has 0 spiro atoms. The molecular formula is C12H19Cl3O8. The van der Waals surface area contributed by atoms with E-state index in [-0.39, 0.29) is 5.88 Å². The second kappa shape index (κ2) is 7.84. The van der Waals surface area contributed by atoms with E-state index in [9.17, 15) is 25.5 Å². The molecule has 2 aliphatic heterocycles. The van der Waals surface area contributed by atoms with Gasteiger partial charge in [-0.2, -0.15) is 0 Å². The summed E-state index contributed by atoms with van der Waals surface area (Å²) >= 11 is 17.3. The van der Waals surface area contributed by atoms with Gasteiger partial charge in [0.2, 0.25) is 5.79 Å². The van der Waals surface area contributed by atoms with Crippen molar-refractivity contribution < 1.29 is 39.7 Å². The van der Waals surface area contributed by atoms with Crippen LogP contribution < -0.4 is 0 Å². The maximum absolute atomic E-state index is 10.1. The molecule has 5 N–H and O–H groups in total. The fourth-order valence-electron chi connectivity index (χ4n) is 2.56. The van der Waals surface area contributed by atoms with E-state index in [0.717, 1.165) is 0 Å². The van der Waals surface area contributed by atoms with E-state index in [2.05, 4.69) is 0 Å². The number of alkyl halides is 3. The second-order valence-electron chi connectivity index (χ2n) is 5.46. The van der Waals surface area contributed by atoms with Crippen LogP contribution in [0.3, 0.4) is 0 Å². The van der Waals surface area contributed by atoms with Gasteiger partial charge in [-0.15, -0.1) is 34.8 Å². The molecule has 0 amide bonds. The average molecular weight is 398 g/mol. The van der Waals surface area contributed by atoms with Crippen molar-refractivity contribution >= 4 is 34.8 Å². The van der Waals surface area contributed by atoms with Crippen LogP contribution in [-0.2, 0) is 14.2 Å². The molecule has 0 radical (unpaired) electrons. The molecule has 0 aromatic carbocycles. The molecule has 11 heteroatoms. The number of hydrogen-bond donors (Lipinski definition) is 5. The first kappa shape index (κ1) is 19.9. The van der Waals surface area contributed by atoms with Crippen molar-refractivity contribution in [1.82, 2.24) is 0 Å². The quantitative estimate of drug-likeness (QED) is 0.349. The minimum absolute atomic E-state index is 0.125. The van der Waals surface area contributed by atoms with E-state index in [1.807, 2.05) is 0 Å². The molecule has 23 heavy (non-hydrogen) atoms. The van der Waals surface area contributed by atoms with Gasteiger partial charge in [0.15, 0.2) is 6.29 Å². The van der Waals surface area contributed by atoms with E-state index in [1.165, 1.54) is 0 Å². The zero-order valence-corrected chi connectivity index (χ0v) is 14.1. The molecule has 0 bridgehead atoms. The molecule has 0 aromatic rings. The Labute approximate surface area is 147 Å². The summed E-state index contributed by atoms with van der Waals surface area (Å²) in [5.41, 5.74) is 0. The molecule has 0 aromatic heterocycles. The summed E-state index contributed by atoms with van der Waals surface area (Å²) in [7, 11) is 0. The molecule has 9 atom stereocenters. The maximum atomic E-state index is 10.1. The molecule has 0 saturated carbocycles. The maximum Gasteiger partial charge on any atom is 0.214 e. The number of hydrogen-bond acceptors (Lipinski definition) is 8. The third kappa shape index (κ3) is 3.58. The van der Waals surface area contributed by atoms with Crippen molar-refractivity contribution in [1.29, 1.82) is 0 Å². The van der Waals surface area contributed by atoms with Crippen molar-refractivity contribution in [3.63, 3.8) is 0 Å². The Kier molecular flexibility index (Phi) is 6.77. The van der Waals surface area contributed by atoms with Crippen LogP contribution in [0.4, 0.5) is 0 Å². The molecule has 2 heterocycles. The van der Waals surface area contributed by atoms with E-state index < -0.39 is 66.6 Å². The van der Waals surface area contributed by atoms with Crippen LogP contribution >= 0.6 is 34.8 Å². The lowest BCUT2D eigenvalue weighted by Crippen LogP contribution is -2.61. The number of halogens is 3. The Morgan fingerprint density at radius 2 is 1.65 bits per heavy atom. The van der Waals surface area contributed by atoms with Gasteiger partial charge in [0, 0.05) is 0 Å². The van der Waals surface area contributed by atoms with Crippen LogP contribution in [0.25, 0.3) is 0 Å². The average Bonchev–Trinajstić information content (AvgIpc) is 2.80. The van der Waals surface area contributed by atoms with Crippen LogP contribution in [0.15, 0.2) is 0 Å². The molecule has 2 rings (SSSR count). The molecule has 2 saturated heterocycles. The lowest BCUT2D eigenvalue weighted by atomic mass is 10.0. The van der Waals surface area contributed by atoms with Crippen molar-refractivity contribution in [3.05, 3.63) is 0 Å². The van der Waals surface area contributed by atoms with Crippen LogP contribution in [0.1, 0.15) is 0 Å². The van der Waals surface area contributed by atoms with Crippen molar-refractivity contribution in [3.8, 4) is 0 Å². The first-order chi connectivity index (χ1) is 10.8. The van der Waals surface area contributed by atoms with Gasteiger partial charge in [-0.25, -0.2) is 0 Å². The van der Waals surface area contributed by atoms with Gasteiger partial charge < -0.3 is 39.7 Å². The number of rotatable bonds is 5. The van der Waals surface area contributed by atoms with Gasteiger partial charge >= 0.3 is 0 Å². The zero-order valence-electron chi connectivity index (χ0n) is 11.8. The zero-order chi connectivity index (χ0) is 17.4. The topological polar surface area (TPSA) is 129 Å². The largest absolute Gasteiger partial charge is 0.394 e. The summed E-state index contributed by atoms with van der Waals surface area (Å²) in [6, 6.07) is 0. The second-order valence-corrected chi connectivity index (χ2v) is 6.54. The molecule has 2 fully saturated rings. The fraction of sp³-hybridized carbons (Fsp3) is 1.00. The Morgan fingerprint density at radius 3 is 2.13 bits per heavy atom. The highest BCUT2D eigenvalue weighted by Gasteiger charge is 2.58. The summed E-state index contributed by atoms with van der Waals surface area (Å²) in [6.07, 6.45) is -9.39. The minimum Gasteiger partial charge on any atom is -0.394 e. The predicted molar refractivity (Wildman–Crippen MR) is 79.5 cm³/mol. The van der Waals surface area contributed by atoms with Gasteiger partial charge in [0.1, 0.15) is 36.6 Å². The predicted octanol–water partition coefficient (Wildman–Crippen LogP) is -1.66. The lowest BCUT2D eigenvalue weighted by Gasteiger charge is -2.43. The van der Waals surface area contributed by atoms with Gasteiger partial charge in [-0.1, -0.05) is 0 Å². The Morgan fingerprint density at radius 1 is 1.00 bits per heavy atom. The molecule has 2 aliphatic rings. The smallest absolute Gasteiger partial charge is 0.214 e. The van der Waals surface area contributed by atoms with Gasteiger partial charge in [-0.3, -0.25) is 0 Å². The molecular weight excluding hydrogens is 378 g/mol. The standard InChI is InChI=1S/C12H19Cl3O8/c13-1-4-7(17)10(20)12(3-14,22-4)23-11-9(19)8(18)6(15)5(2-16)21-11/h4-11,16-20H,1-3H2/t4-,5+,6+,7-,8+,9-,10+,11-,12+/m1/s1. The first-order valence-electron chi connectivity index (χ1n) is 6.91. The number of aliphatic hydroxyl groups is 5. The molecule has 136 valence electrons. The highest BCUT2D eigenvalue weighted by atomic mass is 35.5. The fourth-order valence-corrected chi connectivity index (χ4v) is 3.37. The van der Waals surface area contributed by atoms with Crippen molar-refractivity contribution in [2.45, 2.75) is 54.1 Å². The number of aliphatic hydroxyl groups excluding tert-OH is 5. The summed E-state index contributed by atoms with van der Waals surface area (Å²) in [5, 5.41) is 48.1. The third-order valence-electron chi connectivity index (χ3n) is 3.96. The van der Waals surface area contributed by atoms with E-state index in [1.54, 1.807) is 0 Å². The molecule has 0 aliphatic carbocycles. The van der Waals surface area contributed by atoms with Gasteiger partial charge in [0.05, 0.1) is 23.7 Å². The summed E-state index contributed by atoms with van der Waals surface area (Å²) in [4.78, 5) is 0. The van der Waals surface area contributed by atoms with Crippen LogP contribution in [-0.4, -0.2) is 98.0 Å². The summed E-state index contributed by atoms with van der Waals surface area (Å²) in [5.74, 6) is -2.43. The van der Waals surface area contributed by atoms with Gasteiger partial charge in [-0.05, 0) is 0 Å². The van der Waals surface area contributed by atoms with Crippen molar-refractivity contribution in [2.75, 3.05) is 18.4 Å². The molecule has 0 unspecified atom stereocenters. The Hall–Kier alpha value is 0.550. The van der Waals surface area contributed by atoms with Crippen LogP contribution in [0.5, 0.6) is 0 Å². The highest BCUT2D eigenvalue weighted by molar-refractivity contribution is 6.21. The van der Waals surface area contributed by atoms with E-state index in [4.69, 9.17) is 49.0 Å². The monoisotopic (exact) mass is 396 g/mol. The lowest BCUT2D eigenvalue weighted by molar-refractivity contribution is -0.357. The first-order valence-corrected chi connectivity index (χ1v) is 8.42. The minimum atomic E-state index is -1.90. The highest BCUT2D eigenvalue weighted by Crippen LogP contribution is 2.37. The SMILES string of the molecule is OC[C@@H]1O[C@H](O[C@]2(CCl)O[C@H](CCl)[C@@H](O)[C@@H]2O)[C@H](O)[C@@H](O)[C@H]1Cl. The van der Waals surface area contributed by atoms with E-state index >= 15 is 0 Å². The van der Waals surface area contributed by atoms with Crippen LogP contribution in [0.2, 0.25) is 0 Å². The third-order valence-corrected chi connectivity index (χ3v) is 5.17. The summed E-state index contributed by atoms with van der Waals surface area (Å²) in [6.45, 7) is -0.526. The van der Waals surface area contributed by atoms with Gasteiger partial charge in [0.25, 0.3) is 0 Å². The number of ether oxygens (including phenoxy) is 3. The molecule has 8 nitrogen and oxygen atoms in total. The van der Waals surface area contributed by atoms with Crippen LogP contribution in [0, 0.1) is 0 Å². The Balaban J connectivity index is 2.18. The Bertz CT molecular complexity index is 403. The van der Waals surface area contributed by atoms with Crippen molar-refractivity contribution in [2.24, 2.45) is 0 Å². The summed E-state index contributed by atoms with van der Waals surface area (Å²) < 4.78 is 16.1.